The maximum Gasteiger partial charge on any atom is 0.0661 e. The number of pyridine rings is 1. The van der Waals surface area contributed by atoms with Crippen molar-refractivity contribution in [2.45, 2.75) is 26.3 Å². The molecular formula is C12H20N2O. The third-order valence-corrected chi connectivity index (χ3v) is 2.32. The summed E-state index contributed by atoms with van der Waals surface area (Å²) in [6.07, 6.45) is 2.97. The highest BCUT2D eigenvalue weighted by Crippen LogP contribution is 2.12. The van der Waals surface area contributed by atoms with Crippen molar-refractivity contribution in [2.24, 2.45) is 0 Å². The van der Waals surface area contributed by atoms with Gasteiger partial charge in [-0.3, -0.25) is 4.98 Å². The van der Waals surface area contributed by atoms with E-state index in [4.69, 9.17) is 4.74 Å². The molecule has 1 aromatic heterocycles. The van der Waals surface area contributed by atoms with Crippen LogP contribution in [0, 0.1) is 6.92 Å². The zero-order valence-corrected chi connectivity index (χ0v) is 9.79. The molecule has 0 saturated carbocycles. The van der Waals surface area contributed by atoms with Crippen molar-refractivity contribution in [3.05, 3.63) is 29.6 Å². The van der Waals surface area contributed by atoms with Gasteiger partial charge in [-0.15, -0.1) is 0 Å². The lowest BCUT2D eigenvalue weighted by molar-refractivity contribution is 0.114. The van der Waals surface area contributed by atoms with Crippen LogP contribution in [-0.2, 0) is 4.74 Å². The molecular weight excluding hydrogens is 188 g/mol. The molecule has 0 radical (unpaired) electrons. The Labute approximate surface area is 91.9 Å². The first-order valence-corrected chi connectivity index (χ1v) is 5.45. The topological polar surface area (TPSA) is 34.1 Å². The van der Waals surface area contributed by atoms with E-state index in [1.165, 1.54) is 5.56 Å². The third-order valence-electron chi connectivity index (χ3n) is 2.32. The second-order valence-corrected chi connectivity index (χ2v) is 3.65. The Hall–Kier alpha value is -0.930. The smallest absolute Gasteiger partial charge is 0.0661 e. The fourth-order valence-electron chi connectivity index (χ4n) is 1.38. The lowest BCUT2D eigenvalue weighted by Crippen LogP contribution is -2.22. The second kappa shape index (κ2) is 6.53. The number of nitrogens with one attached hydrogen (secondary N) is 1. The molecule has 0 aliphatic carbocycles. The maximum atomic E-state index is 5.53. The van der Waals surface area contributed by atoms with Crippen molar-refractivity contribution in [3.63, 3.8) is 0 Å². The van der Waals surface area contributed by atoms with Gasteiger partial charge in [0, 0.05) is 18.5 Å². The number of aryl methyl sites for hydroxylation is 1. The van der Waals surface area contributed by atoms with Crippen molar-refractivity contribution < 1.29 is 4.74 Å². The molecule has 0 spiro atoms. The predicted molar refractivity (Wildman–Crippen MR) is 61.9 cm³/mol. The van der Waals surface area contributed by atoms with Gasteiger partial charge in [-0.05, 0) is 32.0 Å². The standard InChI is InChI=1S/C12H20N2O/c1-4-7-15-9-12(13-3)11-6-5-10(2)14-8-11/h5-6,8,12-13H,4,7,9H2,1-3H3. The summed E-state index contributed by atoms with van der Waals surface area (Å²) < 4.78 is 5.53. The summed E-state index contributed by atoms with van der Waals surface area (Å²) >= 11 is 0. The summed E-state index contributed by atoms with van der Waals surface area (Å²) in [6.45, 7) is 5.63. The molecule has 3 heteroatoms. The summed E-state index contributed by atoms with van der Waals surface area (Å²) in [5.74, 6) is 0. The molecule has 0 amide bonds. The van der Waals surface area contributed by atoms with Crippen LogP contribution in [0.5, 0.6) is 0 Å². The number of rotatable bonds is 6. The Kier molecular flexibility index (Phi) is 5.29. The molecule has 1 unspecified atom stereocenters. The summed E-state index contributed by atoms with van der Waals surface area (Å²) in [6, 6.07) is 4.36. The van der Waals surface area contributed by atoms with E-state index in [1.807, 2.05) is 26.2 Å². The monoisotopic (exact) mass is 208 g/mol. The van der Waals surface area contributed by atoms with Crippen LogP contribution in [0.4, 0.5) is 0 Å². The van der Waals surface area contributed by atoms with Gasteiger partial charge in [-0.2, -0.15) is 0 Å². The van der Waals surface area contributed by atoms with Crippen LogP contribution in [0.3, 0.4) is 0 Å². The molecule has 0 bridgehead atoms. The van der Waals surface area contributed by atoms with E-state index in [9.17, 15) is 0 Å². The van der Waals surface area contributed by atoms with Crippen LogP contribution in [-0.4, -0.2) is 25.2 Å². The molecule has 3 nitrogen and oxygen atoms in total. The van der Waals surface area contributed by atoms with Gasteiger partial charge in [-0.25, -0.2) is 0 Å². The van der Waals surface area contributed by atoms with Crippen molar-refractivity contribution in [2.75, 3.05) is 20.3 Å². The number of ether oxygens (including phenoxy) is 1. The number of likely N-dealkylation sites (N-methyl/N-ethyl adjacent to an activating group) is 1. The first-order chi connectivity index (χ1) is 7.27. The van der Waals surface area contributed by atoms with Gasteiger partial charge in [0.15, 0.2) is 0 Å². The summed E-state index contributed by atoms with van der Waals surface area (Å²) in [5, 5.41) is 3.23. The van der Waals surface area contributed by atoms with Crippen LogP contribution in [0.25, 0.3) is 0 Å². The molecule has 15 heavy (non-hydrogen) atoms. The van der Waals surface area contributed by atoms with E-state index < -0.39 is 0 Å². The Morgan fingerprint density at radius 1 is 1.47 bits per heavy atom. The molecule has 1 heterocycles. The minimum atomic E-state index is 0.240. The van der Waals surface area contributed by atoms with Gasteiger partial charge in [0.2, 0.25) is 0 Å². The fourth-order valence-corrected chi connectivity index (χ4v) is 1.38. The van der Waals surface area contributed by atoms with Crippen LogP contribution in [0.1, 0.15) is 30.6 Å². The summed E-state index contributed by atoms with van der Waals surface area (Å²) in [4.78, 5) is 4.28. The second-order valence-electron chi connectivity index (χ2n) is 3.65. The minimum Gasteiger partial charge on any atom is -0.379 e. The highest BCUT2D eigenvalue weighted by molar-refractivity contribution is 5.17. The van der Waals surface area contributed by atoms with Crippen molar-refractivity contribution in [3.8, 4) is 0 Å². The lowest BCUT2D eigenvalue weighted by Gasteiger charge is -2.16. The van der Waals surface area contributed by atoms with E-state index in [0.29, 0.717) is 6.61 Å². The third kappa shape index (κ3) is 3.98. The summed E-state index contributed by atoms with van der Waals surface area (Å²) in [7, 11) is 1.94. The Bertz CT molecular complexity index is 271. The van der Waals surface area contributed by atoms with Gasteiger partial charge in [0.1, 0.15) is 0 Å². The number of hydrogen-bond donors (Lipinski definition) is 1. The van der Waals surface area contributed by atoms with Gasteiger partial charge in [-0.1, -0.05) is 13.0 Å². The Balaban J connectivity index is 2.53. The zero-order valence-electron chi connectivity index (χ0n) is 9.79. The molecule has 1 aromatic rings. The molecule has 84 valence electrons. The summed E-state index contributed by atoms with van der Waals surface area (Å²) in [5.41, 5.74) is 2.22. The van der Waals surface area contributed by atoms with E-state index in [1.54, 1.807) is 0 Å². The molecule has 1 atom stereocenters. The van der Waals surface area contributed by atoms with E-state index >= 15 is 0 Å². The average molecular weight is 208 g/mol. The van der Waals surface area contributed by atoms with Crippen LogP contribution in [0.15, 0.2) is 18.3 Å². The molecule has 0 fully saturated rings. The van der Waals surface area contributed by atoms with E-state index in [0.717, 1.165) is 18.7 Å². The van der Waals surface area contributed by atoms with Crippen LogP contribution >= 0.6 is 0 Å². The predicted octanol–water partition coefficient (Wildman–Crippen LogP) is 2.08. The average Bonchev–Trinajstić information content (AvgIpc) is 2.26. The van der Waals surface area contributed by atoms with Gasteiger partial charge in [0.25, 0.3) is 0 Å². The maximum absolute atomic E-state index is 5.53. The van der Waals surface area contributed by atoms with E-state index in [2.05, 4.69) is 23.3 Å². The van der Waals surface area contributed by atoms with Crippen molar-refractivity contribution in [1.82, 2.24) is 10.3 Å². The number of hydrogen-bond acceptors (Lipinski definition) is 3. The molecule has 1 N–H and O–H groups in total. The first-order valence-electron chi connectivity index (χ1n) is 5.45. The molecule has 0 aliphatic rings. The quantitative estimate of drug-likeness (QED) is 0.727. The highest BCUT2D eigenvalue weighted by atomic mass is 16.5. The number of aromatic nitrogens is 1. The van der Waals surface area contributed by atoms with Crippen molar-refractivity contribution in [1.29, 1.82) is 0 Å². The molecule has 0 saturated heterocycles. The Morgan fingerprint density at radius 2 is 2.27 bits per heavy atom. The Morgan fingerprint density at radius 3 is 2.80 bits per heavy atom. The molecule has 1 rings (SSSR count). The zero-order chi connectivity index (χ0) is 11.1. The van der Waals surface area contributed by atoms with Crippen LogP contribution < -0.4 is 5.32 Å². The molecule has 0 aromatic carbocycles. The minimum absolute atomic E-state index is 0.240. The lowest BCUT2D eigenvalue weighted by atomic mass is 10.1. The SMILES string of the molecule is CCCOCC(NC)c1ccc(C)nc1. The fraction of sp³-hybridized carbons (Fsp3) is 0.583. The highest BCUT2D eigenvalue weighted by Gasteiger charge is 2.08. The molecule has 0 aliphatic heterocycles. The normalized spacial score (nSPS) is 12.7. The van der Waals surface area contributed by atoms with Crippen LogP contribution in [0.2, 0.25) is 0 Å². The van der Waals surface area contributed by atoms with Gasteiger partial charge >= 0.3 is 0 Å². The first kappa shape index (κ1) is 12.1. The largest absolute Gasteiger partial charge is 0.379 e. The van der Waals surface area contributed by atoms with Crippen molar-refractivity contribution >= 4 is 0 Å². The van der Waals surface area contributed by atoms with E-state index in [-0.39, 0.29) is 6.04 Å². The van der Waals surface area contributed by atoms with Gasteiger partial charge < -0.3 is 10.1 Å². The number of nitrogens with zero attached hydrogens (tertiary/aromatic N) is 1. The van der Waals surface area contributed by atoms with Gasteiger partial charge in [0.05, 0.1) is 12.6 Å².